The molecule has 0 bridgehead atoms. The van der Waals surface area contributed by atoms with Crippen molar-refractivity contribution in [1.29, 1.82) is 0 Å². The van der Waals surface area contributed by atoms with E-state index in [2.05, 4.69) is 38.2 Å². The molecule has 0 aromatic heterocycles. The number of rotatable bonds is 47. The van der Waals surface area contributed by atoms with Crippen LogP contribution in [0.15, 0.2) is 24.3 Å². The first-order valence-electron chi connectivity index (χ1n) is 25.6. The molecule has 0 amide bonds. The zero-order chi connectivity index (χ0) is 45.0. The van der Waals surface area contributed by atoms with Gasteiger partial charge >= 0.3 is 19.8 Å². The van der Waals surface area contributed by atoms with Gasteiger partial charge in [-0.05, 0) is 44.9 Å². The van der Waals surface area contributed by atoms with Gasteiger partial charge in [0.15, 0.2) is 6.10 Å². The van der Waals surface area contributed by atoms with E-state index in [0.29, 0.717) is 23.9 Å². The highest BCUT2D eigenvalue weighted by molar-refractivity contribution is 7.47. The number of phosphoric acid groups is 1. The fourth-order valence-corrected chi connectivity index (χ4v) is 7.96. The second kappa shape index (κ2) is 43.7. The first kappa shape index (κ1) is 59.5. The smallest absolute Gasteiger partial charge is 0.462 e. The van der Waals surface area contributed by atoms with E-state index in [0.717, 1.165) is 57.8 Å². The Balaban J connectivity index is 4.20. The van der Waals surface area contributed by atoms with Gasteiger partial charge in [-0.25, -0.2) is 4.57 Å². The molecular weight excluding hydrogens is 786 g/mol. The number of phosphoric ester groups is 1. The SMILES string of the molecule is CCCCC/C=C/C/C=C/CCCCCCCC(=O)O[C@H](COC(=O)CCCCCCCCCCCCCCCCCCCCCCCC)COP(=O)(O)OCC[N+](C)(C)C. The third-order valence-electron chi connectivity index (χ3n) is 11.2. The summed E-state index contributed by atoms with van der Waals surface area (Å²) < 4.78 is 34.4. The summed E-state index contributed by atoms with van der Waals surface area (Å²) in [5.74, 6) is -0.803. The van der Waals surface area contributed by atoms with Crippen molar-refractivity contribution in [1.82, 2.24) is 0 Å². The number of carbonyl (C=O) groups is 2. The number of nitrogens with zero attached hydrogens (tertiary/aromatic N) is 1. The van der Waals surface area contributed by atoms with Gasteiger partial charge in [-0.1, -0.05) is 205 Å². The van der Waals surface area contributed by atoms with E-state index in [9.17, 15) is 19.0 Å². The van der Waals surface area contributed by atoms with Crippen molar-refractivity contribution in [2.24, 2.45) is 0 Å². The Bertz CT molecular complexity index is 1090. The van der Waals surface area contributed by atoms with E-state index in [1.54, 1.807) is 0 Å². The van der Waals surface area contributed by atoms with Crippen LogP contribution in [0.1, 0.15) is 239 Å². The Morgan fingerprint density at radius 1 is 0.508 bits per heavy atom. The van der Waals surface area contributed by atoms with Crippen LogP contribution in [0, 0.1) is 0 Å². The zero-order valence-corrected chi connectivity index (χ0v) is 41.6. The van der Waals surface area contributed by atoms with Crippen LogP contribution in [-0.4, -0.2) is 74.9 Å². The molecule has 0 aliphatic heterocycles. The monoisotopic (exact) mass is 885 g/mol. The van der Waals surface area contributed by atoms with Crippen molar-refractivity contribution in [3.63, 3.8) is 0 Å². The van der Waals surface area contributed by atoms with Gasteiger partial charge < -0.3 is 18.9 Å². The number of hydrogen-bond donors (Lipinski definition) is 1. The third-order valence-corrected chi connectivity index (χ3v) is 12.2. The molecule has 1 N–H and O–H groups in total. The van der Waals surface area contributed by atoms with Gasteiger partial charge in [0.1, 0.15) is 19.8 Å². The number of carbonyl (C=O) groups excluding carboxylic acids is 2. The molecule has 0 saturated heterocycles. The van der Waals surface area contributed by atoms with Gasteiger partial charge in [-0.2, -0.15) is 0 Å². The molecule has 0 aliphatic carbocycles. The maximum absolute atomic E-state index is 12.7. The number of quaternary nitrogens is 1. The Morgan fingerprint density at radius 3 is 1.33 bits per heavy atom. The molecule has 2 atom stereocenters. The predicted octanol–water partition coefficient (Wildman–Crippen LogP) is 15.1. The van der Waals surface area contributed by atoms with E-state index in [4.69, 9.17) is 18.5 Å². The average molecular weight is 885 g/mol. The first-order chi connectivity index (χ1) is 29.5. The summed E-state index contributed by atoms with van der Waals surface area (Å²) in [4.78, 5) is 35.5. The van der Waals surface area contributed by atoms with Gasteiger partial charge in [-0.3, -0.25) is 18.6 Å². The molecule has 0 aliphatic rings. The highest BCUT2D eigenvalue weighted by Gasteiger charge is 2.27. The molecule has 0 radical (unpaired) electrons. The van der Waals surface area contributed by atoms with E-state index in [1.165, 1.54) is 148 Å². The van der Waals surface area contributed by atoms with Gasteiger partial charge in [0.2, 0.25) is 0 Å². The van der Waals surface area contributed by atoms with Crippen LogP contribution >= 0.6 is 7.82 Å². The summed E-state index contributed by atoms with van der Waals surface area (Å²) in [5, 5.41) is 0. The lowest BCUT2D eigenvalue weighted by atomic mass is 10.0. The highest BCUT2D eigenvalue weighted by Crippen LogP contribution is 2.43. The molecule has 0 aromatic rings. The molecule has 9 nitrogen and oxygen atoms in total. The molecule has 0 spiro atoms. The van der Waals surface area contributed by atoms with Crippen LogP contribution in [0.2, 0.25) is 0 Å². The lowest BCUT2D eigenvalue weighted by Gasteiger charge is -2.24. The topological polar surface area (TPSA) is 108 Å². The zero-order valence-electron chi connectivity index (χ0n) is 40.7. The average Bonchev–Trinajstić information content (AvgIpc) is 3.21. The molecule has 0 saturated carbocycles. The summed E-state index contributed by atoms with van der Waals surface area (Å²) >= 11 is 0. The molecular formula is C51H99NO8P+. The van der Waals surface area contributed by atoms with Crippen LogP contribution in [0.5, 0.6) is 0 Å². The van der Waals surface area contributed by atoms with Gasteiger partial charge in [0, 0.05) is 12.8 Å². The van der Waals surface area contributed by atoms with Gasteiger partial charge in [0.25, 0.3) is 0 Å². The van der Waals surface area contributed by atoms with Crippen molar-refractivity contribution in [2.75, 3.05) is 47.5 Å². The molecule has 0 aromatic carbocycles. The summed E-state index contributed by atoms with van der Waals surface area (Å²) in [6, 6.07) is 0. The predicted molar refractivity (Wildman–Crippen MR) is 257 cm³/mol. The molecule has 61 heavy (non-hydrogen) atoms. The number of esters is 2. The highest BCUT2D eigenvalue weighted by atomic mass is 31.2. The van der Waals surface area contributed by atoms with Crippen molar-refractivity contribution in [3.8, 4) is 0 Å². The minimum Gasteiger partial charge on any atom is -0.462 e. The Morgan fingerprint density at radius 2 is 0.885 bits per heavy atom. The second-order valence-electron chi connectivity index (χ2n) is 18.6. The van der Waals surface area contributed by atoms with Crippen molar-refractivity contribution >= 4 is 19.8 Å². The summed E-state index contributed by atoms with van der Waals surface area (Å²) in [5.41, 5.74) is 0. The van der Waals surface area contributed by atoms with Crippen molar-refractivity contribution < 1.29 is 42.1 Å². The number of hydrogen-bond acceptors (Lipinski definition) is 7. The Labute approximate surface area is 377 Å². The van der Waals surface area contributed by atoms with Crippen molar-refractivity contribution in [2.45, 2.75) is 245 Å². The fourth-order valence-electron chi connectivity index (χ4n) is 7.22. The number of ether oxygens (including phenoxy) is 2. The quantitative estimate of drug-likeness (QED) is 0.0212. The lowest BCUT2D eigenvalue weighted by molar-refractivity contribution is -0.870. The summed E-state index contributed by atoms with van der Waals surface area (Å²) in [6.07, 6.45) is 49.5. The number of unbranched alkanes of at least 4 members (excludes halogenated alkanes) is 29. The van der Waals surface area contributed by atoms with Crippen molar-refractivity contribution in [3.05, 3.63) is 24.3 Å². The fraction of sp³-hybridized carbons (Fsp3) is 0.882. The lowest BCUT2D eigenvalue weighted by Crippen LogP contribution is -2.37. The standard InChI is InChI=1S/C51H98NO8P/c1-6-8-10-12-14-16-18-20-22-23-24-25-26-27-28-30-31-33-35-37-39-41-43-50(53)57-47-49(48-59-61(55,56)58-46-45-52(3,4)5)60-51(54)44-42-40-38-36-34-32-29-21-19-17-15-13-11-9-7-2/h15,17,21,29,49H,6-14,16,18-20,22-28,30-48H2,1-5H3/p+1/b17-15+,29-21+/t49-/m1/s1. The van der Waals surface area contributed by atoms with E-state index in [-0.39, 0.29) is 25.6 Å². The van der Waals surface area contributed by atoms with Gasteiger partial charge in [-0.15, -0.1) is 0 Å². The molecule has 0 fully saturated rings. The summed E-state index contributed by atoms with van der Waals surface area (Å²) in [7, 11) is 1.48. The van der Waals surface area contributed by atoms with Crippen LogP contribution in [0.3, 0.4) is 0 Å². The Hall–Kier alpha value is -1.51. The normalized spacial score (nSPS) is 13.6. The van der Waals surface area contributed by atoms with Crippen LogP contribution < -0.4 is 0 Å². The number of allylic oxidation sites excluding steroid dienone is 4. The minimum absolute atomic E-state index is 0.0308. The van der Waals surface area contributed by atoms with Gasteiger partial charge in [0.05, 0.1) is 27.7 Å². The number of likely N-dealkylation sites (N-methyl/N-ethyl adjacent to an activating group) is 1. The van der Waals surface area contributed by atoms with E-state index >= 15 is 0 Å². The van der Waals surface area contributed by atoms with E-state index < -0.39 is 26.5 Å². The Kier molecular flexibility index (Phi) is 42.6. The molecule has 0 rings (SSSR count). The summed E-state index contributed by atoms with van der Waals surface area (Å²) in [6.45, 7) is 4.42. The molecule has 360 valence electrons. The van der Waals surface area contributed by atoms with Crippen LogP contribution in [0.25, 0.3) is 0 Å². The molecule has 0 heterocycles. The minimum atomic E-state index is -4.38. The van der Waals surface area contributed by atoms with E-state index in [1.807, 2.05) is 21.1 Å². The largest absolute Gasteiger partial charge is 0.472 e. The maximum Gasteiger partial charge on any atom is 0.472 e. The maximum atomic E-state index is 12.7. The second-order valence-corrected chi connectivity index (χ2v) is 20.0. The first-order valence-corrected chi connectivity index (χ1v) is 27.1. The third kappa shape index (κ3) is 47.8. The molecule has 1 unspecified atom stereocenters. The molecule has 10 heteroatoms. The van der Waals surface area contributed by atoms with Crippen LogP contribution in [-0.2, 0) is 32.7 Å². The van der Waals surface area contributed by atoms with Crippen LogP contribution in [0.4, 0.5) is 0 Å².